The number of nitrogens with two attached hydrogens (primary N) is 1. The zero-order valence-electron chi connectivity index (χ0n) is 11.6. The molecule has 1 aromatic heterocycles. The first-order valence-electron chi connectivity index (χ1n) is 7.29. The van der Waals surface area contributed by atoms with Crippen LogP contribution in [0.2, 0.25) is 0 Å². The molecule has 0 saturated carbocycles. The number of likely N-dealkylation sites (tertiary alicyclic amines) is 1. The third-order valence-electron chi connectivity index (χ3n) is 4.23. The minimum atomic E-state index is 0.159. The third-order valence-corrected chi connectivity index (χ3v) is 4.23. The highest BCUT2D eigenvalue weighted by molar-refractivity contribution is 5.08. The summed E-state index contributed by atoms with van der Waals surface area (Å²) in [5, 5.41) is 0. The summed E-state index contributed by atoms with van der Waals surface area (Å²) in [4.78, 5) is 2.53. The summed E-state index contributed by atoms with van der Waals surface area (Å²) >= 11 is 0. The van der Waals surface area contributed by atoms with Crippen LogP contribution < -0.4 is 5.73 Å². The monoisotopic (exact) mass is 250 g/mol. The molecular weight excluding hydrogens is 224 g/mol. The maximum atomic E-state index is 6.32. The van der Waals surface area contributed by atoms with E-state index in [0.29, 0.717) is 0 Å². The van der Waals surface area contributed by atoms with Crippen molar-refractivity contribution >= 4 is 0 Å². The van der Waals surface area contributed by atoms with Crippen LogP contribution in [0.1, 0.15) is 51.3 Å². The predicted molar refractivity (Wildman–Crippen MR) is 74.3 cm³/mol. The average Bonchev–Trinajstić information content (AvgIpc) is 2.93. The Balaban J connectivity index is 2.13. The molecule has 0 amide bonds. The Morgan fingerprint density at radius 3 is 2.94 bits per heavy atom. The summed E-state index contributed by atoms with van der Waals surface area (Å²) in [5.41, 5.74) is 6.32. The standard InChI is InChI=1S/C15H26N2O/c1-3-12-7-5-9-17(11-12)15(13(16)4-2)14-8-6-10-18-14/h6,8,10,12-13,15H,3-5,7,9,11,16H2,1-2H3. The maximum Gasteiger partial charge on any atom is 0.122 e. The molecule has 0 radical (unpaired) electrons. The van der Waals surface area contributed by atoms with E-state index in [0.717, 1.165) is 31.2 Å². The largest absolute Gasteiger partial charge is 0.468 e. The molecule has 3 atom stereocenters. The van der Waals surface area contributed by atoms with Gasteiger partial charge in [-0.15, -0.1) is 0 Å². The first kappa shape index (κ1) is 13.6. The van der Waals surface area contributed by atoms with Crippen LogP contribution in [0.3, 0.4) is 0 Å². The lowest BCUT2D eigenvalue weighted by Gasteiger charge is -2.39. The predicted octanol–water partition coefficient (Wildman–Crippen LogP) is 3.18. The second-order valence-corrected chi connectivity index (χ2v) is 5.44. The second kappa shape index (κ2) is 6.39. The van der Waals surface area contributed by atoms with Gasteiger partial charge in [0.15, 0.2) is 0 Å². The number of hydrogen-bond acceptors (Lipinski definition) is 3. The molecule has 3 unspecified atom stereocenters. The van der Waals surface area contributed by atoms with Gasteiger partial charge in [-0.2, -0.15) is 0 Å². The lowest BCUT2D eigenvalue weighted by atomic mass is 9.92. The molecule has 3 nitrogen and oxygen atoms in total. The van der Waals surface area contributed by atoms with Gasteiger partial charge in [0, 0.05) is 12.6 Å². The molecule has 1 fully saturated rings. The molecule has 2 N–H and O–H groups in total. The highest BCUT2D eigenvalue weighted by atomic mass is 16.3. The van der Waals surface area contributed by atoms with E-state index in [1.54, 1.807) is 6.26 Å². The zero-order chi connectivity index (χ0) is 13.0. The van der Waals surface area contributed by atoms with Crippen molar-refractivity contribution in [3.05, 3.63) is 24.2 Å². The van der Waals surface area contributed by atoms with Gasteiger partial charge >= 0.3 is 0 Å². The van der Waals surface area contributed by atoms with Gasteiger partial charge in [0.2, 0.25) is 0 Å². The fraction of sp³-hybridized carbons (Fsp3) is 0.733. The van der Waals surface area contributed by atoms with E-state index in [2.05, 4.69) is 24.8 Å². The summed E-state index contributed by atoms with van der Waals surface area (Å²) < 4.78 is 5.62. The fourth-order valence-electron chi connectivity index (χ4n) is 3.03. The Morgan fingerprint density at radius 2 is 2.33 bits per heavy atom. The molecule has 18 heavy (non-hydrogen) atoms. The van der Waals surface area contributed by atoms with E-state index in [1.807, 2.05) is 6.07 Å². The highest BCUT2D eigenvalue weighted by Gasteiger charge is 2.31. The van der Waals surface area contributed by atoms with Gasteiger partial charge < -0.3 is 10.2 Å². The van der Waals surface area contributed by atoms with Crippen LogP contribution in [0.25, 0.3) is 0 Å². The first-order chi connectivity index (χ1) is 8.76. The smallest absolute Gasteiger partial charge is 0.122 e. The molecule has 1 aliphatic rings. The molecule has 2 rings (SSSR count). The van der Waals surface area contributed by atoms with Crippen molar-refractivity contribution in [1.29, 1.82) is 0 Å². The zero-order valence-corrected chi connectivity index (χ0v) is 11.6. The van der Waals surface area contributed by atoms with Crippen LogP contribution >= 0.6 is 0 Å². The summed E-state index contributed by atoms with van der Waals surface area (Å²) in [6.45, 7) is 6.75. The minimum Gasteiger partial charge on any atom is -0.468 e. The van der Waals surface area contributed by atoms with Crippen molar-refractivity contribution in [2.45, 2.75) is 51.6 Å². The van der Waals surface area contributed by atoms with Gasteiger partial charge in [0.05, 0.1) is 12.3 Å². The van der Waals surface area contributed by atoms with Gasteiger partial charge in [0.25, 0.3) is 0 Å². The second-order valence-electron chi connectivity index (χ2n) is 5.44. The quantitative estimate of drug-likeness (QED) is 0.872. The van der Waals surface area contributed by atoms with E-state index < -0.39 is 0 Å². The molecule has 3 heteroatoms. The molecule has 0 aliphatic carbocycles. The van der Waals surface area contributed by atoms with Crippen molar-refractivity contribution in [3.63, 3.8) is 0 Å². The number of rotatable bonds is 5. The lowest BCUT2D eigenvalue weighted by molar-refractivity contribution is 0.0907. The van der Waals surface area contributed by atoms with E-state index >= 15 is 0 Å². The normalized spacial score (nSPS) is 24.9. The van der Waals surface area contributed by atoms with Gasteiger partial charge in [-0.25, -0.2) is 0 Å². The minimum absolute atomic E-state index is 0.159. The fourth-order valence-corrected chi connectivity index (χ4v) is 3.03. The van der Waals surface area contributed by atoms with Crippen LogP contribution in [0, 0.1) is 5.92 Å². The van der Waals surface area contributed by atoms with E-state index in [-0.39, 0.29) is 12.1 Å². The Hall–Kier alpha value is -0.800. The third kappa shape index (κ3) is 2.96. The van der Waals surface area contributed by atoms with Gasteiger partial charge in [-0.1, -0.05) is 20.3 Å². The maximum absolute atomic E-state index is 6.32. The molecule has 1 aliphatic heterocycles. The molecule has 0 aromatic carbocycles. The summed E-state index contributed by atoms with van der Waals surface area (Å²) in [6, 6.07) is 4.44. The number of piperidine rings is 1. The van der Waals surface area contributed by atoms with Crippen molar-refractivity contribution < 1.29 is 4.42 Å². The van der Waals surface area contributed by atoms with E-state index in [9.17, 15) is 0 Å². The average molecular weight is 250 g/mol. The van der Waals surface area contributed by atoms with Crippen molar-refractivity contribution in [1.82, 2.24) is 4.90 Å². The Bertz CT molecular complexity index is 336. The Labute approximate surface area is 110 Å². The number of nitrogens with zero attached hydrogens (tertiary/aromatic N) is 1. The number of hydrogen-bond donors (Lipinski definition) is 1. The molecule has 102 valence electrons. The van der Waals surface area contributed by atoms with Crippen LogP contribution in [0.4, 0.5) is 0 Å². The van der Waals surface area contributed by atoms with Gasteiger partial charge in [0.1, 0.15) is 5.76 Å². The molecule has 1 saturated heterocycles. The summed E-state index contributed by atoms with van der Waals surface area (Å²) in [5.74, 6) is 1.85. The Kier molecular flexibility index (Phi) is 4.84. The topological polar surface area (TPSA) is 42.4 Å². The Morgan fingerprint density at radius 1 is 1.50 bits per heavy atom. The molecular formula is C15H26N2O. The van der Waals surface area contributed by atoms with Gasteiger partial charge in [-0.05, 0) is 43.9 Å². The van der Waals surface area contributed by atoms with Crippen molar-refractivity contribution in [3.8, 4) is 0 Å². The SMILES string of the molecule is CCC1CCCN(C(c2ccco2)C(N)CC)C1. The van der Waals surface area contributed by atoms with Crippen molar-refractivity contribution in [2.24, 2.45) is 11.7 Å². The number of furan rings is 1. The van der Waals surface area contributed by atoms with Crippen LogP contribution in [0.15, 0.2) is 22.8 Å². The van der Waals surface area contributed by atoms with Crippen LogP contribution in [-0.4, -0.2) is 24.0 Å². The van der Waals surface area contributed by atoms with Crippen molar-refractivity contribution in [2.75, 3.05) is 13.1 Å². The van der Waals surface area contributed by atoms with Crippen LogP contribution in [-0.2, 0) is 0 Å². The van der Waals surface area contributed by atoms with E-state index in [1.165, 1.54) is 19.3 Å². The van der Waals surface area contributed by atoms with E-state index in [4.69, 9.17) is 10.2 Å². The molecule has 0 spiro atoms. The molecule has 0 bridgehead atoms. The van der Waals surface area contributed by atoms with Crippen LogP contribution in [0.5, 0.6) is 0 Å². The molecule has 1 aromatic rings. The van der Waals surface area contributed by atoms with Gasteiger partial charge in [-0.3, -0.25) is 4.90 Å². The first-order valence-corrected chi connectivity index (χ1v) is 7.29. The lowest BCUT2D eigenvalue weighted by Crippen LogP contribution is -2.45. The molecule has 2 heterocycles. The summed E-state index contributed by atoms with van der Waals surface area (Å²) in [6.07, 6.45) is 6.65. The summed E-state index contributed by atoms with van der Waals surface area (Å²) in [7, 11) is 0. The highest BCUT2D eigenvalue weighted by Crippen LogP contribution is 2.31.